The number of aldehydes is 1. The van der Waals surface area contributed by atoms with Crippen LogP contribution in [0.3, 0.4) is 0 Å². The normalized spacial score (nSPS) is 15.7. The van der Waals surface area contributed by atoms with Crippen molar-refractivity contribution in [2.45, 2.75) is 120 Å². The van der Waals surface area contributed by atoms with Crippen molar-refractivity contribution in [1.82, 2.24) is 51.5 Å². The molecule has 1 saturated carbocycles. The standard InChI is InChI=1S/C42H54ClF2N11O10S2/c1-5-24(4)32(37(62)50-29(19-25-11-7-6-8-12-25)35(60)49-28(20-31(44)45)33(58)38(63)48-17-18-57)51-39(64)42(21-23(2)3,53-36(61)30-22-46-15-16-47-30)56-68(65,66)41-55-54-40(67-41)52-34(59)26-13-9-10-14-27(26)43/h9-10,13-16,18,22-25,28-29,31-32,56H,5-8,11-12,17,19-21H2,1-4H3,(H,48,63)(H,49,60)(H,50,62)(H,51,64)(H,53,61)(H,52,54,59). The quantitative estimate of drug-likeness (QED) is 0.0278. The molecule has 1 aliphatic rings. The lowest BCUT2D eigenvalue weighted by molar-refractivity contribution is -0.141. The van der Waals surface area contributed by atoms with Crippen LogP contribution in [0, 0.1) is 17.8 Å². The van der Waals surface area contributed by atoms with E-state index in [-0.39, 0.29) is 46.5 Å². The van der Waals surface area contributed by atoms with Crippen LogP contribution in [0.25, 0.3) is 0 Å². The Morgan fingerprint density at radius 2 is 1.62 bits per heavy atom. The Balaban J connectivity index is 1.72. The van der Waals surface area contributed by atoms with Crippen LogP contribution in [0.4, 0.5) is 13.9 Å². The summed E-state index contributed by atoms with van der Waals surface area (Å²) in [6.45, 7) is 5.88. The Bertz CT molecular complexity index is 2390. The minimum Gasteiger partial charge on any atom is -0.344 e. The fourth-order valence-corrected chi connectivity index (χ4v) is 9.75. The molecule has 0 aliphatic heterocycles. The molecule has 5 atom stereocenters. The molecule has 370 valence electrons. The van der Waals surface area contributed by atoms with Crippen molar-refractivity contribution in [3.05, 3.63) is 59.1 Å². The third-order valence-corrected chi connectivity index (χ3v) is 13.9. The van der Waals surface area contributed by atoms with Gasteiger partial charge < -0.3 is 31.4 Å². The molecular formula is C42H54ClF2N11O10S2. The molecule has 2 aromatic heterocycles. The van der Waals surface area contributed by atoms with Gasteiger partial charge in [-0.25, -0.2) is 22.2 Å². The van der Waals surface area contributed by atoms with Gasteiger partial charge in [-0.05, 0) is 42.7 Å². The van der Waals surface area contributed by atoms with Gasteiger partial charge in [-0.3, -0.25) is 43.9 Å². The highest BCUT2D eigenvalue weighted by molar-refractivity contribution is 7.91. The van der Waals surface area contributed by atoms with Crippen LogP contribution in [0.2, 0.25) is 5.02 Å². The molecule has 0 radical (unpaired) electrons. The number of anilines is 1. The maximum Gasteiger partial charge on any atom is 0.289 e. The number of hydrogen-bond acceptors (Lipinski definition) is 15. The summed E-state index contributed by atoms with van der Waals surface area (Å²) in [5, 5.41) is 21.5. The van der Waals surface area contributed by atoms with Crippen LogP contribution in [0.5, 0.6) is 0 Å². The average Bonchev–Trinajstić information content (AvgIpc) is 3.78. The van der Waals surface area contributed by atoms with E-state index in [9.17, 15) is 55.6 Å². The van der Waals surface area contributed by atoms with Gasteiger partial charge in [-0.15, -0.1) is 10.2 Å². The number of alkyl halides is 2. The highest BCUT2D eigenvalue weighted by atomic mass is 35.5. The van der Waals surface area contributed by atoms with E-state index in [0.29, 0.717) is 24.2 Å². The van der Waals surface area contributed by atoms with Gasteiger partial charge in [0.15, 0.2) is 5.66 Å². The summed E-state index contributed by atoms with van der Waals surface area (Å²) in [6, 6.07) is 0.929. The number of hydrogen-bond donors (Lipinski definition) is 7. The summed E-state index contributed by atoms with van der Waals surface area (Å²) < 4.78 is 57.5. The van der Waals surface area contributed by atoms with Crippen LogP contribution in [0.15, 0.2) is 47.2 Å². The third-order valence-electron chi connectivity index (χ3n) is 10.8. The monoisotopic (exact) mass is 1010 g/mol. The van der Waals surface area contributed by atoms with Crippen LogP contribution < -0.4 is 36.6 Å². The molecule has 1 aromatic carbocycles. The highest BCUT2D eigenvalue weighted by Crippen LogP contribution is 2.29. The van der Waals surface area contributed by atoms with E-state index in [1.165, 1.54) is 24.5 Å². The number of carbonyl (C=O) groups excluding carboxylic acids is 8. The summed E-state index contributed by atoms with van der Waals surface area (Å²) in [5.41, 5.74) is -2.91. The maximum atomic E-state index is 14.9. The Labute approximate surface area is 400 Å². The highest BCUT2D eigenvalue weighted by Gasteiger charge is 2.47. The molecule has 0 bridgehead atoms. The zero-order valence-corrected chi connectivity index (χ0v) is 39.9. The molecule has 26 heteroatoms. The zero-order valence-electron chi connectivity index (χ0n) is 37.6. The lowest BCUT2D eigenvalue weighted by Gasteiger charge is -2.37. The number of ketones is 1. The van der Waals surface area contributed by atoms with Gasteiger partial charge in [-0.1, -0.05) is 101 Å². The zero-order chi connectivity index (χ0) is 50.2. The Kier molecular flexibility index (Phi) is 20.5. The number of carbonyl (C=O) groups is 8. The number of benzene rings is 1. The topological polar surface area (TPSA) is 306 Å². The first-order chi connectivity index (χ1) is 32.2. The first kappa shape index (κ1) is 54.7. The van der Waals surface area contributed by atoms with E-state index in [0.717, 1.165) is 25.5 Å². The van der Waals surface area contributed by atoms with E-state index in [1.807, 2.05) is 5.32 Å². The van der Waals surface area contributed by atoms with E-state index in [2.05, 4.69) is 51.5 Å². The van der Waals surface area contributed by atoms with E-state index < -0.39 is 117 Å². The molecule has 68 heavy (non-hydrogen) atoms. The molecule has 5 unspecified atom stereocenters. The SMILES string of the molecule is CCC(C)C(NC(=O)C(CC(C)C)(NC(=O)c1cnccn1)NS(=O)(=O)c1nnc(NC(=O)c2ccccc2Cl)s1)C(=O)NC(CC1CCCCC1)C(=O)NC(CC(F)F)C(=O)C(=O)NCC=O. The number of nitrogens with zero attached hydrogens (tertiary/aromatic N) is 4. The molecule has 21 nitrogen and oxygen atoms in total. The van der Waals surface area contributed by atoms with Crippen LogP contribution in [-0.4, -0.2) is 113 Å². The Morgan fingerprint density at radius 1 is 0.926 bits per heavy atom. The minimum atomic E-state index is -4.97. The number of aromatic nitrogens is 4. The smallest absolute Gasteiger partial charge is 0.289 e. The first-order valence-electron chi connectivity index (χ1n) is 21.7. The van der Waals surface area contributed by atoms with Crippen molar-refractivity contribution < 1.29 is 55.6 Å². The van der Waals surface area contributed by atoms with Gasteiger partial charge >= 0.3 is 0 Å². The van der Waals surface area contributed by atoms with Crippen molar-refractivity contribution in [1.29, 1.82) is 0 Å². The average molecular weight is 1010 g/mol. The fraction of sp³-hybridized carbons (Fsp3) is 0.524. The fourth-order valence-electron chi connectivity index (χ4n) is 7.33. The summed E-state index contributed by atoms with van der Waals surface area (Å²) >= 11 is 6.55. The van der Waals surface area contributed by atoms with Gasteiger partial charge in [0.1, 0.15) is 30.1 Å². The summed E-state index contributed by atoms with van der Waals surface area (Å²) in [5.74, 6) is -9.44. The molecule has 7 N–H and O–H groups in total. The van der Waals surface area contributed by atoms with Crippen LogP contribution in [-0.2, 0) is 38.8 Å². The van der Waals surface area contributed by atoms with Crippen LogP contribution in [0.1, 0.15) is 106 Å². The Hall–Kier alpha value is -5.92. The van der Waals surface area contributed by atoms with Gasteiger partial charge in [-0.2, -0.15) is 4.72 Å². The largest absolute Gasteiger partial charge is 0.344 e. The number of amides is 6. The van der Waals surface area contributed by atoms with Crippen molar-refractivity contribution in [3.8, 4) is 0 Å². The van der Waals surface area contributed by atoms with E-state index in [4.69, 9.17) is 11.6 Å². The molecule has 1 fully saturated rings. The molecule has 4 rings (SSSR count). The lowest BCUT2D eigenvalue weighted by atomic mass is 9.84. The second-order valence-electron chi connectivity index (χ2n) is 16.5. The predicted octanol–water partition coefficient (Wildman–Crippen LogP) is 2.69. The summed E-state index contributed by atoms with van der Waals surface area (Å²) in [6.07, 6.45) is 2.87. The van der Waals surface area contributed by atoms with Gasteiger partial charge in [0, 0.05) is 18.8 Å². The minimum absolute atomic E-state index is 0.0282. The number of Topliss-reactive ketones (excluding diaryl/α,β-unsaturated/α-hetero) is 1. The second kappa shape index (κ2) is 25.4. The molecule has 0 saturated heterocycles. The van der Waals surface area contributed by atoms with Crippen molar-refractivity contribution in [2.24, 2.45) is 17.8 Å². The molecular weight excluding hydrogens is 956 g/mol. The lowest BCUT2D eigenvalue weighted by Crippen LogP contribution is -2.71. The van der Waals surface area contributed by atoms with E-state index in [1.54, 1.807) is 39.8 Å². The molecule has 0 spiro atoms. The van der Waals surface area contributed by atoms with Gasteiger partial charge in [0.25, 0.3) is 33.7 Å². The molecule has 6 amide bonds. The van der Waals surface area contributed by atoms with Crippen LogP contribution >= 0.6 is 22.9 Å². The first-order valence-corrected chi connectivity index (χ1v) is 24.3. The summed E-state index contributed by atoms with van der Waals surface area (Å²) in [4.78, 5) is 114. The van der Waals surface area contributed by atoms with Gasteiger partial charge in [0.05, 0.1) is 23.3 Å². The van der Waals surface area contributed by atoms with E-state index >= 15 is 0 Å². The van der Waals surface area contributed by atoms with Crippen molar-refractivity contribution >= 4 is 85.6 Å². The molecule has 1 aliphatic carbocycles. The van der Waals surface area contributed by atoms with Crippen molar-refractivity contribution in [2.75, 3.05) is 11.9 Å². The maximum absolute atomic E-state index is 14.9. The second-order valence-corrected chi connectivity index (χ2v) is 19.8. The number of halogens is 3. The Morgan fingerprint density at radius 3 is 2.24 bits per heavy atom. The number of sulfonamides is 1. The molecule has 3 aromatic rings. The summed E-state index contributed by atoms with van der Waals surface area (Å²) in [7, 11) is -4.97. The number of nitrogens with one attached hydrogen (secondary N) is 7. The predicted molar refractivity (Wildman–Crippen MR) is 242 cm³/mol. The van der Waals surface area contributed by atoms with Gasteiger partial charge in [0.2, 0.25) is 33.5 Å². The number of rotatable bonds is 25. The molecule has 2 heterocycles. The van der Waals surface area contributed by atoms with Crippen molar-refractivity contribution in [3.63, 3.8) is 0 Å². The third kappa shape index (κ3) is 15.6.